The van der Waals surface area contributed by atoms with Gasteiger partial charge in [0.25, 0.3) is 11.9 Å². The summed E-state index contributed by atoms with van der Waals surface area (Å²) < 4.78 is 5.82. The van der Waals surface area contributed by atoms with Crippen LogP contribution in [0.5, 0.6) is 0 Å². The van der Waals surface area contributed by atoms with Gasteiger partial charge in [-0.2, -0.15) is 4.98 Å². The van der Waals surface area contributed by atoms with Crippen LogP contribution >= 0.6 is 11.6 Å². The van der Waals surface area contributed by atoms with Gasteiger partial charge >= 0.3 is 0 Å². The molecule has 1 aliphatic heterocycles. The van der Waals surface area contributed by atoms with Crippen molar-refractivity contribution >= 4 is 34.6 Å². The molecule has 26 heavy (non-hydrogen) atoms. The van der Waals surface area contributed by atoms with Crippen molar-refractivity contribution in [3.05, 3.63) is 52.8 Å². The van der Waals surface area contributed by atoms with Crippen molar-refractivity contribution in [2.24, 2.45) is 0 Å². The molecule has 3 aromatic rings. The number of piperidine rings is 1. The van der Waals surface area contributed by atoms with Gasteiger partial charge in [0, 0.05) is 41.6 Å². The third-order valence-electron chi connectivity index (χ3n) is 4.60. The molecule has 7 heteroatoms. The van der Waals surface area contributed by atoms with Crippen molar-refractivity contribution in [2.45, 2.75) is 25.8 Å². The maximum absolute atomic E-state index is 12.4. The number of nitrogens with zero attached hydrogens (tertiary/aromatic N) is 3. The van der Waals surface area contributed by atoms with E-state index in [4.69, 9.17) is 16.0 Å². The number of hydrogen-bond donors (Lipinski definition) is 1. The SMILES string of the molecule is Cc1cc(C(=O)NC2CCN(c3nc4cc(Cl)ccc4o3)CC2)ccn1. The van der Waals surface area contributed by atoms with Crippen LogP contribution in [0.2, 0.25) is 5.02 Å². The van der Waals surface area contributed by atoms with Crippen LogP contribution in [0.4, 0.5) is 6.01 Å². The molecule has 1 amide bonds. The molecule has 134 valence electrons. The summed E-state index contributed by atoms with van der Waals surface area (Å²) in [5.41, 5.74) is 2.98. The van der Waals surface area contributed by atoms with E-state index in [1.165, 1.54) is 0 Å². The van der Waals surface area contributed by atoms with E-state index >= 15 is 0 Å². The highest BCUT2D eigenvalue weighted by molar-refractivity contribution is 6.31. The predicted octanol–water partition coefficient (Wildman–Crippen LogP) is 3.58. The number of nitrogens with one attached hydrogen (secondary N) is 1. The van der Waals surface area contributed by atoms with Crippen molar-refractivity contribution in [1.82, 2.24) is 15.3 Å². The topological polar surface area (TPSA) is 71.3 Å². The van der Waals surface area contributed by atoms with Crippen LogP contribution in [0.1, 0.15) is 28.9 Å². The number of benzene rings is 1. The van der Waals surface area contributed by atoms with Gasteiger partial charge < -0.3 is 14.6 Å². The van der Waals surface area contributed by atoms with Gasteiger partial charge in [0.2, 0.25) is 0 Å². The van der Waals surface area contributed by atoms with E-state index in [1.54, 1.807) is 30.5 Å². The zero-order chi connectivity index (χ0) is 18.1. The summed E-state index contributed by atoms with van der Waals surface area (Å²) in [6, 6.07) is 9.71. The molecule has 4 rings (SSSR count). The molecule has 6 nitrogen and oxygen atoms in total. The van der Waals surface area contributed by atoms with Crippen LogP contribution in [0.3, 0.4) is 0 Å². The van der Waals surface area contributed by atoms with Gasteiger partial charge in [0.15, 0.2) is 5.58 Å². The minimum atomic E-state index is -0.0505. The predicted molar refractivity (Wildman–Crippen MR) is 101 cm³/mol. The molecule has 1 aliphatic rings. The molecule has 0 atom stereocenters. The largest absolute Gasteiger partial charge is 0.423 e. The minimum Gasteiger partial charge on any atom is -0.423 e. The molecule has 0 unspecified atom stereocenters. The number of anilines is 1. The summed E-state index contributed by atoms with van der Waals surface area (Å²) in [6.45, 7) is 3.44. The monoisotopic (exact) mass is 370 g/mol. The molecule has 1 N–H and O–H groups in total. The Hall–Kier alpha value is -2.60. The van der Waals surface area contributed by atoms with Crippen LogP contribution in [-0.4, -0.2) is 35.0 Å². The molecule has 1 fully saturated rings. The number of aryl methyl sites for hydroxylation is 1. The average Bonchev–Trinajstić information content (AvgIpc) is 3.05. The van der Waals surface area contributed by atoms with Crippen molar-refractivity contribution in [2.75, 3.05) is 18.0 Å². The Morgan fingerprint density at radius 2 is 2.08 bits per heavy atom. The number of carbonyl (C=O) groups is 1. The van der Waals surface area contributed by atoms with Gasteiger partial charge in [-0.1, -0.05) is 11.6 Å². The number of fused-ring (bicyclic) bond motifs is 1. The molecule has 1 aromatic carbocycles. The lowest BCUT2D eigenvalue weighted by Gasteiger charge is -2.31. The molecule has 3 heterocycles. The Bertz CT molecular complexity index is 948. The number of oxazole rings is 1. The smallest absolute Gasteiger partial charge is 0.298 e. The highest BCUT2D eigenvalue weighted by Gasteiger charge is 2.24. The minimum absolute atomic E-state index is 0.0505. The molecule has 0 radical (unpaired) electrons. The fourth-order valence-corrected chi connectivity index (χ4v) is 3.36. The van der Waals surface area contributed by atoms with Gasteiger partial charge in [-0.25, -0.2) is 0 Å². The third kappa shape index (κ3) is 3.51. The molecule has 0 saturated carbocycles. The van der Waals surface area contributed by atoms with Crippen LogP contribution in [-0.2, 0) is 0 Å². The second kappa shape index (κ2) is 6.96. The normalized spacial score (nSPS) is 15.4. The van der Waals surface area contributed by atoms with Gasteiger partial charge in [0.1, 0.15) is 5.52 Å². The maximum Gasteiger partial charge on any atom is 0.298 e. The first kappa shape index (κ1) is 16.8. The molecule has 0 spiro atoms. The number of pyridine rings is 1. The molecule has 0 bridgehead atoms. The Morgan fingerprint density at radius 3 is 2.85 bits per heavy atom. The number of carbonyl (C=O) groups excluding carboxylic acids is 1. The van der Waals surface area contributed by atoms with E-state index in [-0.39, 0.29) is 11.9 Å². The van der Waals surface area contributed by atoms with Gasteiger partial charge in [0.05, 0.1) is 0 Å². The zero-order valence-electron chi connectivity index (χ0n) is 14.4. The van der Waals surface area contributed by atoms with Crippen molar-refractivity contribution in [1.29, 1.82) is 0 Å². The van der Waals surface area contributed by atoms with Crippen molar-refractivity contribution in [3.8, 4) is 0 Å². The van der Waals surface area contributed by atoms with Crippen LogP contribution in [0.15, 0.2) is 40.9 Å². The van der Waals surface area contributed by atoms with E-state index in [9.17, 15) is 4.79 Å². The van der Waals surface area contributed by atoms with E-state index in [2.05, 4.69) is 20.2 Å². The number of halogens is 1. The lowest BCUT2D eigenvalue weighted by Crippen LogP contribution is -2.44. The number of rotatable bonds is 3. The fraction of sp³-hybridized carbons (Fsp3) is 0.316. The maximum atomic E-state index is 12.4. The van der Waals surface area contributed by atoms with E-state index in [1.807, 2.05) is 13.0 Å². The zero-order valence-corrected chi connectivity index (χ0v) is 15.2. The summed E-state index contributed by atoms with van der Waals surface area (Å²) in [5, 5.41) is 3.75. The third-order valence-corrected chi connectivity index (χ3v) is 4.83. The van der Waals surface area contributed by atoms with Crippen LogP contribution in [0, 0.1) is 6.92 Å². The highest BCUT2D eigenvalue weighted by Crippen LogP contribution is 2.26. The molecular formula is C19H19ClN4O2. The lowest BCUT2D eigenvalue weighted by atomic mass is 10.0. The summed E-state index contributed by atoms with van der Waals surface area (Å²) in [6.07, 6.45) is 3.34. The van der Waals surface area contributed by atoms with Gasteiger partial charge in [-0.15, -0.1) is 0 Å². The first-order chi connectivity index (χ1) is 12.6. The quantitative estimate of drug-likeness (QED) is 0.763. The molecular weight excluding hydrogens is 352 g/mol. The summed E-state index contributed by atoms with van der Waals surface area (Å²) in [4.78, 5) is 23.1. The van der Waals surface area contributed by atoms with Crippen molar-refractivity contribution < 1.29 is 9.21 Å². The second-order valence-electron chi connectivity index (χ2n) is 6.53. The highest BCUT2D eigenvalue weighted by atomic mass is 35.5. The fourth-order valence-electron chi connectivity index (χ4n) is 3.19. The van der Waals surface area contributed by atoms with Crippen molar-refractivity contribution in [3.63, 3.8) is 0 Å². The Balaban J connectivity index is 1.38. The summed E-state index contributed by atoms with van der Waals surface area (Å²) >= 11 is 6.00. The first-order valence-corrected chi connectivity index (χ1v) is 9.01. The Morgan fingerprint density at radius 1 is 1.27 bits per heavy atom. The summed E-state index contributed by atoms with van der Waals surface area (Å²) in [7, 11) is 0. The standard InChI is InChI=1S/C19H19ClN4O2/c1-12-10-13(4-7-21-12)18(25)22-15-5-8-24(9-6-15)19-23-16-11-14(20)2-3-17(16)26-19/h2-4,7,10-11,15H,5-6,8-9H2,1H3,(H,22,25). The van der Waals surface area contributed by atoms with Crippen LogP contribution < -0.4 is 10.2 Å². The number of aromatic nitrogens is 2. The van der Waals surface area contributed by atoms with Crippen LogP contribution in [0.25, 0.3) is 11.1 Å². The molecule has 2 aromatic heterocycles. The molecule has 1 saturated heterocycles. The molecule has 0 aliphatic carbocycles. The van der Waals surface area contributed by atoms with E-state index in [0.29, 0.717) is 16.6 Å². The van der Waals surface area contributed by atoms with E-state index in [0.717, 1.165) is 42.7 Å². The number of hydrogen-bond acceptors (Lipinski definition) is 5. The number of amides is 1. The van der Waals surface area contributed by atoms with Gasteiger partial charge in [-0.3, -0.25) is 9.78 Å². The summed E-state index contributed by atoms with van der Waals surface area (Å²) in [5.74, 6) is -0.0505. The van der Waals surface area contributed by atoms with E-state index < -0.39 is 0 Å². The second-order valence-corrected chi connectivity index (χ2v) is 6.97. The Kier molecular flexibility index (Phi) is 4.51. The van der Waals surface area contributed by atoms with Gasteiger partial charge in [-0.05, 0) is 50.1 Å². The first-order valence-electron chi connectivity index (χ1n) is 8.63. The average molecular weight is 371 g/mol. The lowest BCUT2D eigenvalue weighted by molar-refractivity contribution is 0.0930. The Labute approximate surface area is 156 Å².